The summed E-state index contributed by atoms with van der Waals surface area (Å²) in [4.78, 5) is 31.6. The van der Waals surface area contributed by atoms with E-state index < -0.39 is 17.6 Å². The van der Waals surface area contributed by atoms with Crippen LogP contribution in [0.3, 0.4) is 0 Å². The zero-order chi connectivity index (χ0) is 20.5. The molecule has 1 aliphatic heterocycles. The summed E-state index contributed by atoms with van der Waals surface area (Å²) in [6, 6.07) is 9.57. The predicted molar refractivity (Wildman–Crippen MR) is 107 cm³/mol. The number of rotatable bonds is 4. The Morgan fingerprint density at radius 3 is 2.62 bits per heavy atom. The van der Waals surface area contributed by atoms with Crippen LogP contribution < -0.4 is 10.2 Å². The largest absolute Gasteiger partial charge is 0.326 e. The van der Waals surface area contributed by atoms with Crippen LogP contribution in [-0.4, -0.2) is 16.8 Å². The van der Waals surface area contributed by atoms with Gasteiger partial charge in [-0.15, -0.1) is 11.3 Å². The molecular formula is C21H17F2N3O2S. The molecule has 1 atom stereocenters. The third-order valence-electron chi connectivity index (χ3n) is 4.74. The van der Waals surface area contributed by atoms with Crippen molar-refractivity contribution >= 4 is 34.5 Å². The molecule has 0 fully saturated rings. The fourth-order valence-corrected chi connectivity index (χ4v) is 4.01. The van der Waals surface area contributed by atoms with Gasteiger partial charge in [0.2, 0.25) is 11.8 Å². The molecule has 29 heavy (non-hydrogen) atoms. The highest BCUT2D eigenvalue weighted by Crippen LogP contribution is 2.35. The maximum atomic E-state index is 13.6. The first-order valence-corrected chi connectivity index (χ1v) is 9.86. The van der Waals surface area contributed by atoms with Crippen LogP contribution in [0.5, 0.6) is 0 Å². The van der Waals surface area contributed by atoms with Crippen molar-refractivity contribution < 1.29 is 18.4 Å². The Labute approximate surface area is 170 Å². The molecule has 0 radical (unpaired) electrons. The van der Waals surface area contributed by atoms with Crippen molar-refractivity contribution in [3.8, 4) is 0 Å². The number of hydrogen-bond acceptors (Lipinski definition) is 4. The molecule has 5 nitrogen and oxygen atoms in total. The van der Waals surface area contributed by atoms with Gasteiger partial charge in [0.1, 0.15) is 11.6 Å². The lowest BCUT2D eigenvalue weighted by Gasteiger charge is -2.30. The lowest BCUT2D eigenvalue weighted by Crippen LogP contribution is -2.38. The van der Waals surface area contributed by atoms with E-state index in [9.17, 15) is 18.4 Å². The van der Waals surface area contributed by atoms with E-state index in [-0.39, 0.29) is 24.8 Å². The Hall–Kier alpha value is -3.13. The summed E-state index contributed by atoms with van der Waals surface area (Å²) < 4.78 is 27.0. The summed E-state index contributed by atoms with van der Waals surface area (Å²) in [5, 5.41) is 5.34. The van der Waals surface area contributed by atoms with E-state index in [0.29, 0.717) is 22.6 Å². The van der Waals surface area contributed by atoms with Crippen LogP contribution in [0.4, 0.5) is 20.2 Å². The van der Waals surface area contributed by atoms with Crippen LogP contribution in [0, 0.1) is 18.6 Å². The first-order valence-electron chi connectivity index (χ1n) is 8.98. The molecule has 1 aromatic heterocycles. The van der Waals surface area contributed by atoms with E-state index in [2.05, 4.69) is 10.3 Å². The third kappa shape index (κ3) is 4.02. The number of aryl methyl sites for hydroxylation is 1. The third-order valence-corrected chi connectivity index (χ3v) is 5.57. The van der Waals surface area contributed by atoms with E-state index in [1.165, 1.54) is 58.7 Å². The van der Waals surface area contributed by atoms with E-state index in [4.69, 9.17) is 0 Å². The molecule has 0 bridgehead atoms. The quantitative estimate of drug-likeness (QED) is 0.690. The molecule has 2 aromatic carbocycles. The standard InChI is InChI=1S/C21H17F2N3O2S/c1-12-24-15(11-29-12)10-26(16-5-2-13(22)3-6-16)21(28)18-9-20(27)25-19-8-14(23)4-7-17(18)19/h2-8,11,18H,9-10H2,1H3,(H,25,27). The van der Waals surface area contributed by atoms with Gasteiger partial charge in [0.05, 0.1) is 23.2 Å². The molecule has 0 aliphatic carbocycles. The van der Waals surface area contributed by atoms with Gasteiger partial charge in [-0.2, -0.15) is 0 Å². The number of halogens is 2. The molecule has 148 valence electrons. The second-order valence-corrected chi connectivity index (χ2v) is 7.86. The number of benzene rings is 2. The SMILES string of the molecule is Cc1nc(CN(C(=O)C2CC(=O)Nc3cc(F)ccc32)c2ccc(F)cc2)cs1. The number of nitrogens with zero attached hydrogens (tertiary/aromatic N) is 2. The maximum Gasteiger partial charge on any atom is 0.235 e. The Bertz CT molecular complexity index is 1080. The number of carbonyl (C=O) groups excluding carboxylic acids is 2. The Morgan fingerprint density at radius 1 is 1.21 bits per heavy atom. The van der Waals surface area contributed by atoms with Crippen LogP contribution >= 0.6 is 11.3 Å². The lowest BCUT2D eigenvalue weighted by atomic mass is 9.89. The van der Waals surface area contributed by atoms with Gasteiger partial charge in [0.15, 0.2) is 0 Å². The molecule has 1 unspecified atom stereocenters. The van der Waals surface area contributed by atoms with Gasteiger partial charge in [-0.1, -0.05) is 6.07 Å². The number of fused-ring (bicyclic) bond motifs is 1. The molecule has 2 heterocycles. The summed E-state index contributed by atoms with van der Waals surface area (Å²) in [6.07, 6.45) is -0.0503. The molecule has 3 aromatic rings. The Balaban J connectivity index is 1.73. The monoisotopic (exact) mass is 413 g/mol. The van der Waals surface area contributed by atoms with Gasteiger partial charge in [-0.05, 0) is 48.9 Å². The van der Waals surface area contributed by atoms with Crippen molar-refractivity contribution in [2.45, 2.75) is 25.8 Å². The number of nitrogens with one attached hydrogen (secondary N) is 1. The average Bonchev–Trinajstić information content (AvgIpc) is 3.10. The van der Waals surface area contributed by atoms with E-state index >= 15 is 0 Å². The smallest absolute Gasteiger partial charge is 0.235 e. The zero-order valence-electron chi connectivity index (χ0n) is 15.5. The molecule has 0 saturated carbocycles. The van der Waals surface area contributed by atoms with Gasteiger partial charge in [-0.25, -0.2) is 13.8 Å². The first-order chi connectivity index (χ1) is 13.9. The number of aromatic nitrogens is 1. The van der Waals surface area contributed by atoms with Gasteiger partial charge in [-0.3, -0.25) is 9.59 Å². The molecular weight excluding hydrogens is 396 g/mol. The van der Waals surface area contributed by atoms with Crippen molar-refractivity contribution in [2.75, 3.05) is 10.2 Å². The summed E-state index contributed by atoms with van der Waals surface area (Å²) >= 11 is 1.47. The van der Waals surface area contributed by atoms with E-state index in [1.807, 2.05) is 12.3 Å². The number of amides is 2. The molecule has 8 heteroatoms. The number of thiazole rings is 1. The second-order valence-electron chi connectivity index (χ2n) is 6.80. The normalized spacial score (nSPS) is 15.6. The van der Waals surface area contributed by atoms with E-state index in [1.54, 1.807) is 0 Å². The minimum atomic E-state index is -0.774. The number of anilines is 2. The van der Waals surface area contributed by atoms with Crippen molar-refractivity contribution in [1.82, 2.24) is 4.98 Å². The van der Waals surface area contributed by atoms with Gasteiger partial charge in [0, 0.05) is 23.2 Å². The number of carbonyl (C=O) groups is 2. The highest BCUT2D eigenvalue weighted by atomic mass is 32.1. The van der Waals surface area contributed by atoms with Crippen molar-refractivity contribution in [3.05, 3.63) is 75.7 Å². The highest BCUT2D eigenvalue weighted by molar-refractivity contribution is 7.09. The summed E-state index contributed by atoms with van der Waals surface area (Å²) in [6.45, 7) is 2.05. The van der Waals surface area contributed by atoms with Crippen molar-refractivity contribution in [1.29, 1.82) is 0 Å². The van der Waals surface area contributed by atoms with Crippen LogP contribution in [0.2, 0.25) is 0 Å². The zero-order valence-corrected chi connectivity index (χ0v) is 16.3. The van der Waals surface area contributed by atoms with Crippen LogP contribution in [0.15, 0.2) is 47.8 Å². The molecule has 1 N–H and O–H groups in total. The van der Waals surface area contributed by atoms with Crippen LogP contribution in [-0.2, 0) is 16.1 Å². The molecule has 4 rings (SSSR count). The highest BCUT2D eigenvalue weighted by Gasteiger charge is 2.34. The van der Waals surface area contributed by atoms with Gasteiger partial charge < -0.3 is 10.2 Å². The van der Waals surface area contributed by atoms with Crippen molar-refractivity contribution in [2.24, 2.45) is 0 Å². The fraction of sp³-hybridized carbons (Fsp3) is 0.190. The van der Waals surface area contributed by atoms with Crippen LogP contribution in [0.25, 0.3) is 0 Å². The second kappa shape index (κ2) is 7.71. The molecule has 0 spiro atoms. The molecule has 1 aliphatic rings. The van der Waals surface area contributed by atoms with E-state index in [0.717, 1.165) is 5.01 Å². The number of hydrogen-bond donors (Lipinski definition) is 1. The minimum absolute atomic E-state index is 0.0503. The lowest BCUT2D eigenvalue weighted by molar-refractivity contribution is -0.124. The Kier molecular flexibility index (Phi) is 5.10. The summed E-state index contributed by atoms with van der Waals surface area (Å²) in [7, 11) is 0. The summed E-state index contributed by atoms with van der Waals surface area (Å²) in [5.41, 5.74) is 2.04. The Morgan fingerprint density at radius 2 is 1.93 bits per heavy atom. The summed E-state index contributed by atoms with van der Waals surface area (Å²) in [5.74, 6) is -2.37. The van der Waals surface area contributed by atoms with Crippen LogP contribution in [0.1, 0.15) is 28.6 Å². The predicted octanol–water partition coefficient (Wildman–Crippen LogP) is 4.39. The van der Waals surface area contributed by atoms with Crippen molar-refractivity contribution in [3.63, 3.8) is 0 Å². The first kappa shape index (κ1) is 19.2. The fourth-order valence-electron chi connectivity index (χ4n) is 3.41. The molecule has 2 amide bonds. The average molecular weight is 413 g/mol. The molecule has 0 saturated heterocycles. The van der Waals surface area contributed by atoms with Gasteiger partial charge in [0.25, 0.3) is 0 Å². The topological polar surface area (TPSA) is 62.3 Å². The minimum Gasteiger partial charge on any atom is -0.326 e. The maximum absolute atomic E-state index is 13.6. The van der Waals surface area contributed by atoms with Gasteiger partial charge >= 0.3 is 0 Å².